The maximum absolute atomic E-state index is 13.5. The summed E-state index contributed by atoms with van der Waals surface area (Å²) in [7, 11) is 3.40. The fourth-order valence-corrected chi connectivity index (χ4v) is 6.69. The summed E-state index contributed by atoms with van der Waals surface area (Å²) in [5, 5.41) is 10.9. The van der Waals surface area contributed by atoms with E-state index < -0.39 is 33.6 Å². The van der Waals surface area contributed by atoms with Gasteiger partial charge in [-0.3, -0.25) is 10.1 Å². The number of carbonyl (C=O) groups excluding carboxylic acids is 1. The van der Waals surface area contributed by atoms with Crippen LogP contribution in [-0.2, 0) is 23.9 Å². The van der Waals surface area contributed by atoms with Gasteiger partial charge in [-0.2, -0.15) is 10.1 Å². The summed E-state index contributed by atoms with van der Waals surface area (Å²) in [6, 6.07) is 0. The average molecular weight is 471 g/mol. The van der Waals surface area contributed by atoms with Crippen molar-refractivity contribution in [3.63, 3.8) is 0 Å². The highest BCUT2D eigenvalue weighted by molar-refractivity contribution is 5.78. The topological polar surface area (TPSA) is 84.5 Å². The molecule has 3 saturated heterocycles. The van der Waals surface area contributed by atoms with Crippen molar-refractivity contribution in [1.29, 1.82) is 0 Å². The number of hydroxylamine groups is 4. The Kier molecular flexibility index (Phi) is 7.06. The van der Waals surface area contributed by atoms with E-state index in [4.69, 9.17) is 19.1 Å². The van der Waals surface area contributed by atoms with Gasteiger partial charge < -0.3 is 24.5 Å². The van der Waals surface area contributed by atoms with Crippen LogP contribution < -0.4 is 10.6 Å². The molecule has 2 N–H and O–H groups in total. The molecule has 33 heavy (non-hydrogen) atoms. The average Bonchev–Trinajstić information content (AvgIpc) is 2.68. The first-order valence-corrected chi connectivity index (χ1v) is 12.1. The fraction of sp³-hybridized carbons (Fsp3) is 0.958. The SMILES string of the molecule is CON1C(C)(C)COC2(C)CC3(C)NC(=O)CC(C)(CC1(C)CCN2)N(OC)C(C)(C)CO3. The molecule has 4 atom stereocenters. The molecule has 3 rings (SSSR count). The summed E-state index contributed by atoms with van der Waals surface area (Å²) in [4.78, 5) is 25.6. The van der Waals surface area contributed by atoms with Gasteiger partial charge in [-0.1, -0.05) is 0 Å². The second kappa shape index (κ2) is 8.69. The van der Waals surface area contributed by atoms with Crippen molar-refractivity contribution in [2.45, 2.75) is 115 Å². The van der Waals surface area contributed by atoms with Gasteiger partial charge in [-0.05, 0) is 74.8 Å². The van der Waals surface area contributed by atoms with Crippen molar-refractivity contribution in [2.75, 3.05) is 34.0 Å². The molecule has 0 aromatic rings. The fourth-order valence-electron chi connectivity index (χ4n) is 6.69. The van der Waals surface area contributed by atoms with Crippen molar-refractivity contribution in [2.24, 2.45) is 0 Å². The minimum atomic E-state index is -0.914. The quantitative estimate of drug-likeness (QED) is 0.637. The van der Waals surface area contributed by atoms with E-state index in [1.54, 1.807) is 14.2 Å². The van der Waals surface area contributed by atoms with E-state index in [1.165, 1.54) is 0 Å². The molecule has 3 aliphatic heterocycles. The highest BCUT2D eigenvalue weighted by Gasteiger charge is 2.55. The number of hydrogen-bond donors (Lipinski definition) is 2. The Hall–Kier alpha value is -0.810. The van der Waals surface area contributed by atoms with E-state index in [1.807, 2.05) is 18.9 Å². The number of nitrogens with one attached hydrogen (secondary N) is 2. The van der Waals surface area contributed by atoms with Crippen LogP contribution in [0.15, 0.2) is 0 Å². The number of carbonyl (C=O) groups is 1. The molecule has 9 heteroatoms. The second-order valence-corrected chi connectivity index (χ2v) is 12.4. The van der Waals surface area contributed by atoms with E-state index in [0.29, 0.717) is 26.1 Å². The number of ether oxygens (including phenoxy) is 2. The molecule has 4 bridgehead atoms. The summed E-state index contributed by atoms with van der Waals surface area (Å²) in [6.45, 7) is 18.3. The third-order valence-electron chi connectivity index (χ3n) is 7.48. The van der Waals surface area contributed by atoms with Crippen LogP contribution in [0.25, 0.3) is 0 Å². The molecule has 0 aromatic carbocycles. The Labute approximate surface area is 199 Å². The van der Waals surface area contributed by atoms with Crippen molar-refractivity contribution >= 4 is 5.91 Å². The van der Waals surface area contributed by atoms with E-state index in [-0.39, 0.29) is 12.3 Å². The number of fused-ring (bicyclic) bond motifs is 8. The Balaban J connectivity index is 2.27. The molecule has 192 valence electrons. The number of rotatable bonds is 2. The van der Waals surface area contributed by atoms with Crippen LogP contribution in [-0.4, -0.2) is 83.6 Å². The first-order valence-electron chi connectivity index (χ1n) is 12.1. The smallest absolute Gasteiger partial charge is 0.224 e. The second-order valence-electron chi connectivity index (χ2n) is 12.4. The lowest BCUT2D eigenvalue weighted by Crippen LogP contribution is -2.65. The molecule has 0 radical (unpaired) electrons. The monoisotopic (exact) mass is 470 g/mol. The van der Waals surface area contributed by atoms with Gasteiger partial charge in [0.05, 0.1) is 44.1 Å². The van der Waals surface area contributed by atoms with Gasteiger partial charge in [0.1, 0.15) is 11.4 Å². The minimum absolute atomic E-state index is 0.0764. The lowest BCUT2D eigenvalue weighted by atomic mass is 9.76. The van der Waals surface area contributed by atoms with Crippen LogP contribution in [0.2, 0.25) is 0 Å². The number of amides is 1. The third kappa shape index (κ3) is 5.24. The molecule has 1 amide bonds. The normalized spacial score (nSPS) is 42.9. The van der Waals surface area contributed by atoms with Crippen LogP contribution in [0.1, 0.15) is 81.1 Å². The molecule has 0 aromatic heterocycles. The Morgan fingerprint density at radius 1 is 0.788 bits per heavy atom. The molecule has 4 unspecified atom stereocenters. The number of hydrogen-bond acceptors (Lipinski definition) is 8. The van der Waals surface area contributed by atoms with Gasteiger partial charge in [-0.25, -0.2) is 0 Å². The molecule has 3 fully saturated rings. The standard InChI is InChI=1S/C24H46N4O5/c1-19(2)16-32-23(7)15-24(8)26-18(29)13-22(6,28(31-10)20(3,4)17-33-24)14-21(5,11-12-25-23)27(19)30-9/h25H,11-17H2,1-10H3,(H,26,29). The van der Waals surface area contributed by atoms with Gasteiger partial charge in [-0.15, -0.1) is 0 Å². The number of nitrogens with zero attached hydrogens (tertiary/aromatic N) is 2. The molecule has 3 aliphatic rings. The highest BCUT2D eigenvalue weighted by atomic mass is 16.7. The van der Waals surface area contributed by atoms with Crippen molar-refractivity contribution < 1.29 is 23.9 Å². The van der Waals surface area contributed by atoms with Gasteiger partial charge in [0.2, 0.25) is 5.91 Å². The van der Waals surface area contributed by atoms with Crippen LogP contribution in [0.4, 0.5) is 0 Å². The van der Waals surface area contributed by atoms with Crippen molar-refractivity contribution in [3.05, 3.63) is 0 Å². The summed E-state index contributed by atoms with van der Waals surface area (Å²) in [6.07, 6.45) is 2.15. The van der Waals surface area contributed by atoms with Crippen LogP contribution in [0.5, 0.6) is 0 Å². The molecular formula is C24H46N4O5. The molecule has 0 saturated carbocycles. The summed E-state index contributed by atoms with van der Waals surface area (Å²) >= 11 is 0. The first kappa shape index (κ1) is 26.8. The Morgan fingerprint density at radius 3 is 1.85 bits per heavy atom. The molecular weight excluding hydrogens is 424 g/mol. The molecule has 0 spiro atoms. The van der Waals surface area contributed by atoms with Gasteiger partial charge in [0, 0.05) is 18.4 Å². The van der Waals surface area contributed by atoms with Crippen LogP contribution in [0, 0.1) is 0 Å². The van der Waals surface area contributed by atoms with Gasteiger partial charge >= 0.3 is 0 Å². The zero-order valence-electron chi connectivity index (χ0n) is 22.4. The molecule has 9 nitrogen and oxygen atoms in total. The van der Waals surface area contributed by atoms with Gasteiger partial charge in [0.25, 0.3) is 0 Å². The minimum Gasteiger partial charge on any atom is -0.359 e. The lowest BCUT2D eigenvalue weighted by Gasteiger charge is -2.54. The predicted octanol–water partition coefficient (Wildman–Crippen LogP) is 2.56. The summed E-state index contributed by atoms with van der Waals surface area (Å²) < 4.78 is 13.0. The van der Waals surface area contributed by atoms with Crippen molar-refractivity contribution in [1.82, 2.24) is 20.8 Å². The molecule has 0 aliphatic carbocycles. The van der Waals surface area contributed by atoms with Gasteiger partial charge in [0.15, 0.2) is 0 Å². The van der Waals surface area contributed by atoms with E-state index in [2.05, 4.69) is 57.2 Å². The lowest BCUT2D eigenvalue weighted by molar-refractivity contribution is -0.302. The van der Waals surface area contributed by atoms with E-state index >= 15 is 0 Å². The maximum atomic E-state index is 13.5. The third-order valence-corrected chi connectivity index (χ3v) is 7.48. The Morgan fingerprint density at radius 2 is 1.30 bits per heavy atom. The summed E-state index contributed by atoms with van der Waals surface area (Å²) in [5.74, 6) is -0.0764. The first-order chi connectivity index (χ1) is 15.0. The zero-order chi connectivity index (χ0) is 24.9. The Bertz CT molecular complexity index is 748. The van der Waals surface area contributed by atoms with Crippen LogP contribution >= 0.6 is 0 Å². The van der Waals surface area contributed by atoms with E-state index in [9.17, 15) is 4.79 Å². The van der Waals surface area contributed by atoms with E-state index in [0.717, 1.165) is 13.0 Å². The van der Waals surface area contributed by atoms with Crippen LogP contribution in [0.3, 0.4) is 0 Å². The molecule has 3 heterocycles. The van der Waals surface area contributed by atoms with Crippen molar-refractivity contribution in [3.8, 4) is 0 Å². The maximum Gasteiger partial charge on any atom is 0.224 e. The zero-order valence-corrected chi connectivity index (χ0v) is 22.4. The predicted molar refractivity (Wildman–Crippen MR) is 126 cm³/mol. The summed E-state index contributed by atoms with van der Waals surface area (Å²) in [5.41, 5.74) is -3.57. The highest BCUT2D eigenvalue weighted by Crippen LogP contribution is 2.44. The largest absolute Gasteiger partial charge is 0.359 e.